The van der Waals surface area contributed by atoms with Gasteiger partial charge in [-0.15, -0.1) is 0 Å². The summed E-state index contributed by atoms with van der Waals surface area (Å²) in [5, 5.41) is 4.30. The molecule has 3 rings (SSSR count). The highest BCUT2D eigenvalue weighted by atomic mass is 32.2. The Hall–Kier alpha value is -2.48. The number of nitrogens with zero attached hydrogens (tertiary/aromatic N) is 2. The zero-order valence-corrected chi connectivity index (χ0v) is 14.4. The van der Waals surface area contributed by atoms with E-state index >= 15 is 0 Å². The van der Waals surface area contributed by atoms with Crippen LogP contribution in [0.3, 0.4) is 0 Å². The van der Waals surface area contributed by atoms with Gasteiger partial charge in [0.05, 0.1) is 32.5 Å². The molecule has 2 heterocycles. The molecule has 0 aliphatic carbocycles. The number of ether oxygens (including phenoxy) is 2. The third-order valence-corrected chi connectivity index (χ3v) is 4.82. The molecule has 24 heavy (non-hydrogen) atoms. The number of hydrogen-bond acceptors (Lipinski definition) is 6. The zero-order valence-electron chi connectivity index (χ0n) is 13.6. The molecule has 0 N–H and O–H groups in total. The summed E-state index contributed by atoms with van der Waals surface area (Å²) in [7, 11) is -0.411. The van der Waals surface area contributed by atoms with E-state index in [1.807, 2.05) is 6.07 Å². The van der Waals surface area contributed by atoms with E-state index in [-0.39, 0.29) is 0 Å². The smallest absolute Gasteiger partial charge is 0.247 e. The Labute approximate surface area is 140 Å². The minimum atomic E-state index is -3.52. The largest absolute Gasteiger partial charge is 0.493 e. The van der Waals surface area contributed by atoms with Gasteiger partial charge in [0.25, 0.3) is 0 Å². The normalized spacial score (nSPS) is 17.7. The third kappa shape index (κ3) is 2.96. The summed E-state index contributed by atoms with van der Waals surface area (Å²) >= 11 is 0. The first-order chi connectivity index (χ1) is 11.4. The van der Waals surface area contributed by atoms with Crippen LogP contribution in [0, 0.1) is 0 Å². The monoisotopic (exact) mass is 350 g/mol. The van der Waals surface area contributed by atoms with Gasteiger partial charge in [0.1, 0.15) is 11.8 Å². The van der Waals surface area contributed by atoms with Crippen molar-refractivity contribution in [1.29, 1.82) is 0 Å². The van der Waals surface area contributed by atoms with Crippen molar-refractivity contribution in [2.75, 3.05) is 20.5 Å². The van der Waals surface area contributed by atoms with Gasteiger partial charge in [0, 0.05) is 12.0 Å². The Balaban J connectivity index is 2.00. The molecule has 1 aromatic heterocycles. The predicted molar refractivity (Wildman–Crippen MR) is 88.8 cm³/mol. The van der Waals surface area contributed by atoms with Crippen molar-refractivity contribution in [2.45, 2.75) is 12.5 Å². The molecule has 1 aromatic carbocycles. The molecule has 7 nitrogen and oxygen atoms in total. The molecule has 1 unspecified atom stereocenters. The fourth-order valence-corrected chi connectivity index (χ4v) is 3.57. The summed E-state index contributed by atoms with van der Waals surface area (Å²) in [5.74, 6) is 1.71. The number of hydrogen-bond donors (Lipinski definition) is 0. The summed E-state index contributed by atoms with van der Waals surface area (Å²) < 4.78 is 41.1. The molecule has 1 aliphatic heterocycles. The Morgan fingerprint density at radius 1 is 1.21 bits per heavy atom. The van der Waals surface area contributed by atoms with Crippen molar-refractivity contribution < 1.29 is 22.3 Å². The molecule has 0 amide bonds. The molecular formula is C16H18N2O5S. The van der Waals surface area contributed by atoms with Crippen molar-refractivity contribution in [3.63, 3.8) is 0 Å². The minimum absolute atomic E-state index is 0.413. The predicted octanol–water partition coefficient (Wildman–Crippen LogP) is 2.41. The molecule has 0 bridgehead atoms. The van der Waals surface area contributed by atoms with Gasteiger partial charge in [-0.3, -0.25) is 0 Å². The summed E-state index contributed by atoms with van der Waals surface area (Å²) in [6.07, 6.45) is 3.06. The van der Waals surface area contributed by atoms with Gasteiger partial charge in [-0.25, -0.2) is 8.42 Å². The topological polar surface area (TPSA) is 81.3 Å². The first-order valence-electron chi connectivity index (χ1n) is 7.26. The van der Waals surface area contributed by atoms with E-state index in [1.54, 1.807) is 38.5 Å². The maximum atomic E-state index is 12.1. The standard InChI is InChI=1S/C16H18N2O5S/c1-21-15-7-6-11(9-16(15)22-2)12-10-13(14-5-4-8-23-14)18(17-12)24(3,19)20/h4-9,13H,10H2,1-3H3. The van der Waals surface area contributed by atoms with E-state index in [4.69, 9.17) is 13.9 Å². The lowest BCUT2D eigenvalue weighted by Crippen LogP contribution is -2.25. The third-order valence-electron chi connectivity index (χ3n) is 3.80. The second kappa shape index (κ2) is 6.20. The van der Waals surface area contributed by atoms with Crippen LogP contribution in [-0.4, -0.2) is 39.0 Å². The van der Waals surface area contributed by atoms with E-state index < -0.39 is 16.1 Å². The van der Waals surface area contributed by atoms with Crippen LogP contribution >= 0.6 is 0 Å². The van der Waals surface area contributed by atoms with Crippen LogP contribution in [0.2, 0.25) is 0 Å². The van der Waals surface area contributed by atoms with Crippen LogP contribution in [0.15, 0.2) is 46.1 Å². The maximum absolute atomic E-state index is 12.1. The first kappa shape index (κ1) is 16.4. The van der Waals surface area contributed by atoms with Crippen molar-refractivity contribution in [1.82, 2.24) is 4.41 Å². The van der Waals surface area contributed by atoms with Crippen LogP contribution in [0.25, 0.3) is 0 Å². The second-order valence-electron chi connectivity index (χ2n) is 5.39. The Morgan fingerprint density at radius 3 is 2.54 bits per heavy atom. The highest BCUT2D eigenvalue weighted by molar-refractivity contribution is 7.88. The minimum Gasteiger partial charge on any atom is -0.493 e. The summed E-state index contributed by atoms with van der Waals surface area (Å²) in [6.45, 7) is 0. The highest BCUT2D eigenvalue weighted by Crippen LogP contribution is 2.36. The van der Waals surface area contributed by atoms with Crippen LogP contribution in [0.1, 0.15) is 23.8 Å². The zero-order chi connectivity index (χ0) is 17.3. The van der Waals surface area contributed by atoms with Gasteiger partial charge < -0.3 is 13.9 Å². The number of benzene rings is 1. The molecule has 1 aliphatic rings. The van der Waals surface area contributed by atoms with Gasteiger partial charge in [0.15, 0.2) is 11.5 Å². The molecular weight excluding hydrogens is 332 g/mol. The number of rotatable bonds is 5. The Kier molecular flexibility index (Phi) is 4.23. The molecule has 1 atom stereocenters. The van der Waals surface area contributed by atoms with Crippen LogP contribution in [0.5, 0.6) is 11.5 Å². The number of hydrazone groups is 1. The molecule has 0 saturated carbocycles. The summed E-state index contributed by atoms with van der Waals surface area (Å²) in [6, 6.07) is 8.35. The van der Waals surface area contributed by atoms with Crippen LogP contribution in [-0.2, 0) is 10.0 Å². The van der Waals surface area contributed by atoms with Gasteiger partial charge >= 0.3 is 0 Å². The van der Waals surface area contributed by atoms with Gasteiger partial charge in [0.2, 0.25) is 10.0 Å². The van der Waals surface area contributed by atoms with E-state index in [9.17, 15) is 8.42 Å². The van der Waals surface area contributed by atoms with Crippen LogP contribution < -0.4 is 9.47 Å². The van der Waals surface area contributed by atoms with E-state index in [0.717, 1.165) is 16.2 Å². The number of sulfonamides is 1. The SMILES string of the molecule is COc1ccc(C2=NN(S(C)(=O)=O)C(c3ccco3)C2)cc1OC. The summed E-state index contributed by atoms with van der Waals surface area (Å²) in [5.41, 5.74) is 1.41. The van der Waals surface area contributed by atoms with Gasteiger partial charge in [-0.2, -0.15) is 9.52 Å². The van der Waals surface area contributed by atoms with Crippen molar-refractivity contribution in [3.05, 3.63) is 47.9 Å². The van der Waals surface area contributed by atoms with Gasteiger partial charge in [-0.1, -0.05) is 0 Å². The van der Waals surface area contributed by atoms with Crippen molar-refractivity contribution in [2.24, 2.45) is 5.10 Å². The van der Waals surface area contributed by atoms with Crippen LogP contribution in [0.4, 0.5) is 0 Å². The molecule has 8 heteroatoms. The fraction of sp³-hybridized carbons (Fsp3) is 0.312. The van der Waals surface area contributed by atoms with E-state index in [2.05, 4.69) is 5.10 Å². The maximum Gasteiger partial charge on any atom is 0.247 e. The molecule has 128 valence electrons. The lowest BCUT2D eigenvalue weighted by Gasteiger charge is -2.18. The average Bonchev–Trinajstić information content (AvgIpc) is 3.22. The quantitative estimate of drug-likeness (QED) is 0.827. The molecule has 0 radical (unpaired) electrons. The Bertz CT molecular complexity index is 859. The van der Waals surface area contributed by atoms with Crippen molar-refractivity contribution >= 4 is 15.7 Å². The molecule has 2 aromatic rings. The molecule has 0 spiro atoms. The van der Waals surface area contributed by atoms with E-state index in [1.165, 1.54) is 6.26 Å². The fourth-order valence-electron chi connectivity index (χ4n) is 2.68. The first-order valence-corrected chi connectivity index (χ1v) is 9.11. The van der Waals surface area contributed by atoms with E-state index in [0.29, 0.717) is 29.4 Å². The number of methoxy groups -OCH3 is 2. The highest BCUT2D eigenvalue weighted by Gasteiger charge is 2.36. The van der Waals surface area contributed by atoms with Crippen molar-refractivity contribution in [3.8, 4) is 11.5 Å². The second-order valence-corrected chi connectivity index (χ2v) is 7.23. The van der Waals surface area contributed by atoms with Gasteiger partial charge in [-0.05, 0) is 30.3 Å². The average molecular weight is 350 g/mol. The summed E-state index contributed by atoms with van der Waals surface area (Å²) in [4.78, 5) is 0. The Morgan fingerprint density at radius 2 is 1.96 bits per heavy atom. The lowest BCUT2D eigenvalue weighted by molar-refractivity contribution is 0.322. The lowest BCUT2D eigenvalue weighted by atomic mass is 10.0. The number of furan rings is 1. The molecule has 0 fully saturated rings. The molecule has 0 saturated heterocycles.